The van der Waals surface area contributed by atoms with Gasteiger partial charge in [-0.25, -0.2) is 29.9 Å². The summed E-state index contributed by atoms with van der Waals surface area (Å²) in [6.07, 6.45) is 0. The topological polar surface area (TPSA) is 113 Å². The molecule has 22 aromatic rings. The van der Waals surface area contributed by atoms with E-state index < -0.39 is 0 Å². The Morgan fingerprint density at radius 2 is 0.509 bits per heavy atom. The Balaban J connectivity index is 0.680. The number of hydrogen-bond acceptors (Lipinski definition) is 8. The number of aromatic nitrogens is 8. The van der Waals surface area contributed by atoms with Gasteiger partial charge in [0, 0.05) is 76.5 Å². The zero-order valence-electron chi connectivity index (χ0n) is 57.9. The second kappa shape index (κ2) is 24.5. The predicted octanol–water partition coefficient (Wildman–Crippen LogP) is 25.4. The second-order valence-electron chi connectivity index (χ2n) is 27.7. The van der Waals surface area contributed by atoms with Crippen LogP contribution in [-0.4, -0.2) is 39.0 Å². The van der Waals surface area contributed by atoms with Crippen molar-refractivity contribution in [3.05, 3.63) is 352 Å². The van der Waals surface area contributed by atoms with E-state index in [2.05, 4.69) is 306 Å². The average molecular weight is 1380 g/mol. The number of rotatable bonds is 11. The molecule has 6 aromatic heterocycles. The molecule has 10 heteroatoms. The fourth-order valence-corrected chi connectivity index (χ4v) is 16.2. The Kier molecular flexibility index (Phi) is 13.8. The van der Waals surface area contributed by atoms with E-state index in [1.165, 1.54) is 10.8 Å². The summed E-state index contributed by atoms with van der Waals surface area (Å²) >= 11 is 0. The molecule has 0 radical (unpaired) electrons. The number of fused-ring (bicyclic) bond motifs is 14. The third-order valence-electron chi connectivity index (χ3n) is 21.4. The van der Waals surface area contributed by atoms with Crippen molar-refractivity contribution in [2.24, 2.45) is 0 Å². The van der Waals surface area contributed by atoms with E-state index in [1.807, 2.05) is 54.6 Å². The fourth-order valence-electron chi connectivity index (χ4n) is 16.2. The average Bonchev–Trinajstić information content (AvgIpc) is 1.56. The number of benzene rings is 16. The van der Waals surface area contributed by atoms with E-state index in [-0.39, 0.29) is 0 Å². The summed E-state index contributed by atoms with van der Waals surface area (Å²) in [4.78, 5) is 32.3. The van der Waals surface area contributed by atoms with Crippen LogP contribution in [0.4, 0.5) is 0 Å². The van der Waals surface area contributed by atoms with Gasteiger partial charge in [-0.3, -0.25) is 0 Å². The van der Waals surface area contributed by atoms with Crippen molar-refractivity contribution >= 4 is 109 Å². The molecule has 502 valence electrons. The van der Waals surface area contributed by atoms with E-state index in [0.29, 0.717) is 40.5 Å². The van der Waals surface area contributed by atoms with Crippen molar-refractivity contribution in [3.8, 4) is 113 Å². The summed E-state index contributed by atoms with van der Waals surface area (Å²) < 4.78 is 18.6. The van der Waals surface area contributed by atoms with Gasteiger partial charge >= 0.3 is 0 Å². The Bertz CT molecular complexity index is 7420. The third kappa shape index (κ3) is 10.1. The Hall–Kier alpha value is -14.7. The van der Waals surface area contributed by atoms with Gasteiger partial charge in [-0.1, -0.05) is 261 Å². The molecule has 16 aromatic carbocycles. The zero-order chi connectivity index (χ0) is 70.9. The number of hydrogen-bond donors (Lipinski definition) is 0. The van der Waals surface area contributed by atoms with Crippen molar-refractivity contribution in [3.63, 3.8) is 0 Å². The molecule has 0 fully saturated rings. The van der Waals surface area contributed by atoms with Crippen LogP contribution in [0.3, 0.4) is 0 Å². The summed E-state index contributed by atoms with van der Waals surface area (Å²) in [5, 5.41) is 13.2. The van der Waals surface area contributed by atoms with Crippen LogP contribution in [0.15, 0.2) is 361 Å². The lowest BCUT2D eigenvalue weighted by molar-refractivity contribution is 0.668. The van der Waals surface area contributed by atoms with Crippen LogP contribution < -0.4 is 0 Å². The molecule has 0 spiro atoms. The van der Waals surface area contributed by atoms with Crippen LogP contribution in [0.5, 0.6) is 0 Å². The normalized spacial score (nSPS) is 11.9. The smallest absolute Gasteiger partial charge is 0.166 e. The molecule has 0 N–H and O–H groups in total. The second-order valence-corrected chi connectivity index (χ2v) is 27.7. The van der Waals surface area contributed by atoms with Crippen LogP contribution in [0.25, 0.3) is 222 Å². The maximum atomic E-state index is 7.14. The van der Waals surface area contributed by atoms with Crippen molar-refractivity contribution < 1.29 is 8.83 Å². The molecule has 10 nitrogen and oxygen atoms in total. The SMILES string of the molecule is c1ccc(-c2ccc(-c3nc(-c4ccccc4)nc(-c4cc5oc6cc(-c7cccc(-c8cccc(-c9nc(-c%10ccccc%10)nc(-c%10cc%11oc%12ccccc%12c%11cc%10-n%10c%11ccccc%11c%11cc%12ccccc%12cc%11%10)n9)c8)c7)ccc6c5cc4-n4c5ccccc5c5cc6ccccc6cc54)n3)cc2)cc1. The van der Waals surface area contributed by atoms with Crippen LogP contribution in [-0.2, 0) is 0 Å². The fraction of sp³-hybridized carbons (Fsp3) is 0. The molecule has 0 atom stereocenters. The van der Waals surface area contributed by atoms with Gasteiger partial charge in [-0.05, 0) is 146 Å². The lowest BCUT2D eigenvalue weighted by Crippen LogP contribution is -2.04. The van der Waals surface area contributed by atoms with Gasteiger partial charge in [0.25, 0.3) is 0 Å². The highest BCUT2D eigenvalue weighted by atomic mass is 16.3. The van der Waals surface area contributed by atoms with E-state index >= 15 is 0 Å². The molecule has 0 amide bonds. The highest BCUT2D eigenvalue weighted by molar-refractivity contribution is 6.17. The number of para-hydroxylation sites is 3. The summed E-state index contributed by atoms with van der Waals surface area (Å²) in [5.74, 6) is 3.25. The lowest BCUT2D eigenvalue weighted by atomic mass is 9.97. The summed E-state index contributed by atoms with van der Waals surface area (Å²) in [5.41, 5.74) is 20.5. The van der Waals surface area contributed by atoms with Crippen molar-refractivity contribution in [2.45, 2.75) is 0 Å². The van der Waals surface area contributed by atoms with E-state index in [1.54, 1.807) is 0 Å². The highest BCUT2D eigenvalue weighted by Crippen LogP contribution is 2.46. The predicted molar refractivity (Wildman–Crippen MR) is 440 cm³/mol. The molecular weight excluding hydrogens is 1320 g/mol. The van der Waals surface area contributed by atoms with Crippen LogP contribution in [0.2, 0.25) is 0 Å². The Morgan fingerprint density at radius 3 is 1.03 bits per heavy atom. The number of furan rings is 2. The minimum atomic E-state index is 0.516. The molecule has 0 saturated heterocycles. The zero-order valence-corrected chi connectivity index (χ0v) is 57.9. The standard InChI is InChI=1S/C98H58N8O2/c1-4-22-59(23-5-1)60-42-44-63(45-43-60)95-99-93(61-24-6-2-7-25-61)101-97(103-95)82-58-92-80(56-88(82)106-84-40-18-15-37-74(84)78-51-68-29-11-13-31-70(68)53-86(78)106)76-47-46-71(54-90(76)108-92)65-33-20-32-64(48-65)66-34-21-35-72(49-66)96-100-94(62-26-8-3-9-27-62)102-98(104-96)81-57-91-79(75-38-16-19-41-89(75)107-91)55-87(81)105-83-39-17-14-36-73(83)77-50-67-28-10-12-30-69(67)52-85(77)105/h1-58H. The molecule has 0 bridgehead atoms. The van der Waals surface area contributed by atoms with Crippen LogP contribution in [0, 0.1) is 0 Å². The Labute approximate surface area is 618 Å². The van der Waals surface area contributed by atoms with Crippen molar-refractivity contribution in [1.29, 1.82) is 0 Å². The Morgan fingerprint density at radius 1 is 0.176 bits per heavy atom. The molecule has 0 aliphatic rings. The van der Waals surface area contributed by atoms with Gasteiger partial charge in [-0.15, -0.1) is 0 Å². The minimum Gasteiger partial charge on any atom is -0.456 e. The van der Waals surface area contributed by atoms with Gasteiger partial charge in [0.1, 0.15) is 22.3 Å². The number of nitrogens with zero attached hydrogens (tertiary/aromatic N) is 8. The maximum Gasteiger partial charge on any atom is 0.166 e. The quantitative estimate of drug-likeness (QED) is 0.126. The summed E-state index contributed by atoms with van der Waals surface area (Å²) in [6, 6.07) is 124. The van der Waals surface area contributed by atoms with Crippen LogP contribution >= 0.6 is 0 Å². The van der Waals surface area contributed by atoms with Crippen molar-refractivity contribution in [2.75, 3.05) is 0 Å². The van der Waals surface area contributed by atoms with Gasteiger partial charge in [0.2, 0.25) is 0 Å². The first kappa shape index (κ1) is 60.8. The monoisotopic (exact) mass is 1380 g/mol. The van der Waals surface area contributed by atoms with E-state index in [4.69, 9.17) is 38.7 Å². The first-order chi connectivity index (χ1) is 53.5. The van der Waals surface area contributed by atoms with Gasteiger partial charge in [0.05, 0.1) is 33.4 Å². The summed E-state index contributed by atoms with van der Waals surface area (Å²) in [7, 11) is 0. The maximum absolute atomic E-state index is 7.14. The third-order valence-corrected chi connectivity index (χ3v) is 21.4. The molecule has 0 saturated carbocycles. The first-order valence-electron chi connectivity index (χ1n) is 36.3. The summed E-state index contributed by atoms with van der Waals surface area (Å²) in [6.45, 7) is 0. The van der Waals surface area contributed by atoms with Gasteiger partial charge in [0.15, 0.2) is 34.9 Å². The molecule has 0 aliphatic carbocycles. The molecule has 0 unspecified atom stereocenters. The molecule has 108 heavy (non-hydrogen) atoms. The van der Waals surface area contributed by atoms with Gasteiger partial charge < -0.3 is 18.0 Å². The largest absolute Gasteiger partial charge is 0.456 e. The van der Waals surface area contributed by atoms with Gasteiger partial charge in [-0.2, -0.15) is 0 Å². The van der Waals surface area contributed by atoms with E-state index in [0.717, 1.165) is 171 Å². The molecule has 22 rings (SSSR count). The molecular formula is C98H58N8O2. The van der Waals surface area contributed by atoms with Crippen LogP contribution in [0.1, 0.15) is 0 Å². The molecule has 0 aliphatic heterocycles. The minimum absolute atomic E-state index is 0.516. The van der Waals surface area contributed by atoms with E-state index in [9.17, 15) is 0 Å². The molecule has 6 heterocycles. The highest BCUT2D eigenvalue weighted by Gasteiger charge is 2.26. The van der Waals surface area contributed by atoms with Crippen molar-refractivity contribution in [1.82, 2.24) is 39.0 Å². The first-order valence-corrected chi connectivity index (χ1v) is 36.3. The lowest BCUT2D eigenvalue weighted by Gasteiger charge is -2.15.